The number of amides is 1. The predicted octanol–water partition coefficient (Wildman–Crippen LogP) is 4.10. The van der Waals surface area contributed by atoms with Crippen LogP contribution in [0.3, 0.4) is 0 Å². The molecule has 0 saturated carbocycles. The van der Waals surface area contributed by atoms with E-state index in [-0.39, 0.29) is 5.91 Å². The lowest BCUT2D eigenvalue weighted by atomic mass is 10.1. The Kier molecular flexibility index (Phi) is 7.04. The molecule has 2 aliphatic heterocycles. The first kappa shape index (κ1) is 20.9. The number of thioether (sulfide) groups is 1. The van der Waals surface area contributed by atoms with Gasteiger partial charge in [-0.15, -0.1) is 0 Å². The first-order valence-corrected chi connectivity index (χ1v) is 11.3. The molecule has 7 heteroatoms. The first-order chi connectivity index (χ1) is 14.7. The highest BCUT2D eigenvalue weighted by Crippen LogP contribution is 2.34. The maximum absolute atomic E-state index is 12.9. The molecule has 1 atom stereocenters. The second-order valence-corrected chi connectivity index (χ2v) is 8.81. The van der Waals surface area contributed by atoms with Crippen molar-refractivity contribution in [3.05, 3.63) is 65.1 Å². The van der Waals surface area contributed by atoms with Crippen molar-refractivity contribution >= 4 is 40.3 Å². The SMILES string of the molecule is O=C1C(=Cc2ccccc2OCCOc2ccccc2)SC(=S)N1CC1CCCN1. The van der Waals surface area contributed by atoms with E-state index in [1.54, 1.807) is 4.90 Å². The molecule has 0 aromatic heterocycles. The van der Waals surface area contributed by atoms with E-state index in [1.807, 2.05) is 60.7 Å². The predicted molar refractivity (Wildman–Crippen MR) is 125 cm³/mol. The monoisotopic (exact) mass is 440 g/mol. The van der Waals surface area contributed by atoms with Crippen LogP contribution < -0.4 is 14.8 Å². The van der Waals surface area contributed by atoms with Crippen molar-refractivity contribution in [3.8, 4) is 11.5 Å². The van der Waals surface area contributed by atoms with E-state index in [2.05, 4.69) is 5.32 Å². The fraction of sp³-hybridized carbons (Fsp3) is 0.304. The van der Waals surface area contributed by atoms with Crippen molar-refractivity contribution in [2.75, 3.05) is 26.3 Å². The summed E-state index contributed by atoms with van der Waals surface area (Å²) in [6.07, 6.45) is 4.10. The molecule has 2 aromatic carbocycles. The van der Waals surface area contributed by atoms with E-state index in [4.69, 9.17) is 21.7 Å². The Labute approximate surface area is 186 Å². The van der Waals surface area contributed by atoms with Crippen LogP contribution in [-0.4, -0.2) is 47.5 Å². The molecule has 4 rings (SSSR count). The third-order valence-electron chi connectivity index (χ3n) is 5.00. The van der Waals surface area contributed by atoms with Crippen LogP contribution >= 0.6 is 24.0 Å². The summed E-state index contributed by atoms with van der Waals surface area (Å²) in [5, 5.41) is 3.42. The zero-order valence-corrected chi connectivity index (χ0v) is 18.2. The minimum Gasteiger partial charge on any atom is -0.490 e. The smallest absolute Gasteiger partial charge is 0.266 e. The number of benzene rings is 2. The lowest BCUT2D eigenvalue weighted by Gasteiger charge is -2.19. The molecule has 0 bridgehead atoms. The lowest BCUT2D eigenvalue weighted by Crippen LogP contribution is -2.39. The molecule has 1 amide bonds. The number of thiocarbonyl (C=S) groups is 1. The number of rotatable bonds is 8. The summed E-state index contributed by atoms with van der Waals surface area (Å²) in [7, 11) is 0. The van der Waals surface area contributed by atoms with E-state index in [1.165, 1.54) is 11.8 Å². The maximum Gasteiger partial charge on any atom is 0.266 e. The van der Waals surface area contributed by atoms with E-state index in [0.717, 1.165) is 36.4 Å². The van der Waals surface area contributed by atoms with Crippen LogP contribution in [0.5, 0.6) is 11.5 Å². The van der Waals surface area contributed by atoms with Gasteiger partial charge in [0.25, 0.3) is 5.91 Å². The van der Waals surface area contributed by atoms with Gasteiger partial charge in [0.15, 0.2) is 0 Å². The number of ether oxygens (including phenoxy) is 2. The third-order valence-corrected chi connectivity index (χ3v) is 6.38. The van der Waals surface area contributed by atoms with Gasteiger partial charge in [-0.25, -0.2) is 0 Å². The largest absolute Gasteiger partial charge is 0.490 e. The fourth-order valence-corrected chi connectivity index (χ4v) is 4.76. The molecule has 0 radical (unpaired) electrons. The summed E-state index contributed by atoms with van der Waals surface area (Å²) in [6.45, 7) is 2.49. The minimum absolute atomic E-state index is 0.0269. The van der Waals surface area contributed by atoms with Crippen molar-refractivity contribution in [1.29, 1.82) is 0 Å². The standard InChI is InChI=1S/C23H24N2O3S2/c26-22-21(30-23(29)25(22)16-18-8-6-12-24-18)15-17-7-4-5-11-20(17)28-14-13-27-19-9-2-1-3-10-19/h1-5,7,9-11,15,18,24H,6,8,12-14,16H2. The molecule has 0 aliphatic carbocycles. The van der Waals surface area contributed by atoms with Gasteiger partial charge in [0.1, 0.15) is 29.0 Å². The van der Waals surface area contributed by atoms with Crippen molar-refractivity contribution in [2.45, 2.75) is 18.9 Å². The quantitative estimate of drug-likeness (QED) is 0.379. The number of para-hydroxylation sites is 2. The number of hydrogen-bond acceptors (Lipinski definition) is 6. The molecule has 2 saturated heterocycles. The molecule has 2 aromatic rings. The lowest BCUT2D eigenvalue weighted by molar-refractivity contribution is -0.122. The van der Waals surface area contributed by atoms with Crippen LogP contribution in [0.25, 0.3) is 6.08 Å². The van der Waals surface area contributed by atoms with E-state index < -0.39 is 0 Å². The van der Waals surface area contributed by atoms with Gasteiger partial charge in [-0.2, -0.15) is 0 Å². The Bertz CT molecular complexity index is 927. The average molecular weight is 441 g/mol. The number of hydrogen-bond donors (Lipinski definition) is 1. The van der Waals surface area contributed by atoms with Crippen molar-refractivity contribution in [2.24, 2.45) is 0 Å². The minimum atomic E-state index is -0.0269. The second kappa shape index (κ2) is 10.1. The maximum atomic E-state index is 12.9. The van der Waals surface area contributed by atoms with Crippen molar-refractivity contribution in [3.63, 3.8) is 0 Å². The van der Waals surface area contributed by atoms with Gasteiger partial charge in [-0.3, -0.25) is 9.69 Å². The van der Waals surface area contributed by atoms with Crippen molar-refractivity contribution in [1.82, 2.24) is 10.2 Å². The van der Waals surface area contributed by atoms with Gasteiger partial charge >= 0.3 is 0 Å². The Morgan fingerprint density at radius 1 is 1.10 bits per heavy atom. The van der Waals surface area contributed by atoms with Gasteiger partial charge in [0.2, 0.25) is 0 Å². The summed E-state index contributed by atoms with van der Waals surface area (Å²) in [5.74, 6) is 1.51. The normalized spacial score (nSPS) is 20.2. The van der Waals surface area contributed by atoms with Gasteiger partial charge in [0, 0.05) is 18.2 Å². The third kappa shape index (κ3) is 5.22. The molecule has 2 aliphatic rings. The van der Waals surface area contributed by atoms with Crippen LogP contribution in [0.15, 0.2) is 59.5 Å². The summed E-state index contributed by atoms with van der Waals surface area (Å²) >= 11 is 6.82. The molecule has 1 N–H and O–H groups in total. The summed E-state index contributed by atoms with van der Waals surface area (Å²) in [6, 6.07) is 17.7. The molecule has 0 spiro atoms. The molecular weight excluding hydrogens is 416 g/mol. The Hall–Kier alpha value is -2.35. The zero-order valence-electron chi connectivity index (χ0n) is 16.6. The Balaban J connectivity index is 1.38. The summed E-state index contributed by atoms with van der Waals surface area (Å²) < 4.78 is 12.2. The summed E-state index contributed by atoms with van der Waals surface area (Å²) in [5.41, 5.74) is 0.858. The molecule has 2 heterocycles. The number of nitrogens with zero attached hydrogens (tertiary/aromatic N) is 1. The first-order valence-electron chi connectivity index (χ1n) is 10.1. The molecule has 30 heavy (non-hydrogen) atoms. The average Bonchev–Trinajstić information content (AvgIpc) is 3.37. The fourth-order valence-electron chi connectivity index (χ4n) is 3.49. The van der Waals surface area contributed by atoms with Gasteiger partial charge < -0.3 is 14.8 Å². The van der Waals surface area contributed by atoms with E-state index in [9.17, 15) is 4.79 Å². The Morgan fingerprint density at radius 3 is 2.67 bits per heavy atom. The second-order valence-electron chi connectivity index (χ2n) is 7.13. The summed E-state index contributed by atoms with van der Waals surface area (Å²) in [4.78, 5) is 15.2. The van der Waals surface area contributed by atoms with Crippen LogP contribution in [-0.2, 0) is 4.79 Å². The highest BCUT2D eigenvalue weighted by Gasteiger charge is 2.34. The Morgan fingerprint density at radius 2 is 1.87 bits per heavy atom. The number of nitrogens with one attached hydrogen (secondary N) is 1. The van der Waals surface area contributed by atoms with Gasteiger partial charge in [-0.1, -0.05) is 60.4 Å². The van der Waals surface area contributed by atoms with Crippen LogP contribution in [0.4, 0.5) is 0 Å². The topological polar surface area (TPSA) is 50.8 Å². The van der Waals surface area contributed by atoms with Gasteiger partial charge in [0.05, 0.1) is 4.91 Å². The van der Waals surface area contributed by atoms with E-state index >= 15 is 0 Å². The van der Waals surface area contributed by atoms with Crippen LogP contribution in [0, 0.1) is 0 Å². The van der Waals surface area contributed by atoms with Crippen LogP contribution in [0.1, 0.15) is 18.4 Å². The highest BCUT2D eigenvalue weighted by atomic mass is 32.2. The van der Waals surface area contributed by atoms with Crippen LogP contribution in [0.2, 0.25) is 0 Å². The molecule has 5 nitrogen and oxygen atoms in total. The van der Waals surface area contributed by atoms with Crippen molar-refractivity contribution < 1.29 is 14.3 Å². The van der Waals surface area contributed by atoms with Gasteiger partial charge in [-0.05, 0) is 43.7 Å². The highest BCUT2D eigenvalue weighted by molar-refractivity contribution is 8.26. The molecule has 1 unspecified atom stereocenters. The number of carbonyl (C=O) groups is 1. The van der Waals surface area contributed by atoms with E-state index in [0.29, 0.717) is 35.0 Å². The zero-order chi connectivity index (χ0) is 20.8. The molecular formula is C23H24N2O3S2. The molecule has 156 valence electrons. The number of carbonyl (C=O) groups excluding carboxylic acids is 1. The molecule has 2 fully saturated rings.